The van der Waals surface area contributed by atoms with E-state index in [1.165, 1.54) is 0 Å². The maximum Gasteiger partial charge on any atom is 0.337 e. The van der Waals surface area contributed by atoms with Gasteiger partial charge in [-0.25, -0.2) is 9.18 Å². The Kier molecular flexibility index (Phi) is 2.85. The summed E-state index contributed by atoms with van der Waals surface area (Å²) in [5.41, 5.74) is 5.30. The fourth-order valence-corrected chi connectivity index (χ4v) is 1.33. The first-order valence-electron chi connectivity index (χ1n) is 3.47. The van der Waals surface area contributed by atoms with Gasteiger partial charge in [-0.1, -0.05) is 11.6 Å². The third-order valence-corrected chi connectivity index (χ3v) is 1.87. The molecule has 0 aliphatic heterocycles. The van der Waals surface area contributed by atoms with Gasteiger partial charge in [0, 0.05) is 6.54 Å². The van der Waals surface area contributed by atoms with E-state index in [1.807, 2.05) is 0 Å². The zero-order valence-corrected chi connectivity index (χ0v) is 7.31. The lowest BCUT2D eigenvalue weighted by atomic mass is 10.1. The Labute approximate surface area is 78.9 Å². The van der Waals surface area contributed by atoms with Crippen LogP contribution < -0.4 is 5.73 Å². The third kappa shape index (κ3) is 1.96. The summed E-state index contributed by atoms with van der Waals surface area (Å²) in [4.78, 5) is 10.7. The van der Waals surface area contributed by atoms with E-state index in [0.717, 1.165) is 12.1 Å². The molecular formula is C8H7ClFNO2. The lowest BCUT2D eigenvalue weighted by Gasteiger charge is -2.05. The predicted molar refractivity (Wildman–Crippen MR) is 46.3 cm³/mol. The van der Waals surface area contributed by atoms with Crippen LogP contribution in [0, 0.1) is 5.82 Å². The van der Waals surface area contributed by atoms with Crippen LogP contribution >= 0.6 is 11.6 Å². The van der Waals surface area contributed by atoms with Crippen molar-refractivity contribution in [3.05, 3.63) is 34.1 Å². The lowest BCUT2D eigenvalue weighted by Crippen LogP contribution is -2.08. The number of carboxylic acid groups (broad SMARTS) is 1. The molecular weight excluding hydrogens is 197 g/mol. The van der Waals surface area contributed by atoms with E-state index in [0.29, 0.717) is 0 Å². The second-order valence-corrected chi connectivity index (χ2v) is 2.84. The minimum Gasteiger partial charge on any atom is -0.478 e. The number of benzene rings is 1. The van der Waals surface area contributed by atoms with Gasteiger partial charge in [-0.15, -0.1) is 0 Å². The summed E-state index contributed by atoms with van der Waals surface area (Å²) in [6, 6.07) is 2.01. The van der Waals surface area contributed by atoms with Crippen LogP contribution in [0.15, 0.2) is 12.1 Å². The standard InChI is InChI=1S/C8H7ClFNO2/c9-6-2-5(10)1-4(3-11)7(6)8(12)13/h1-2H,3,11H2,(H,12,13). The van der Waals surface area contributed by atoms with Crippen molar-refractivity contribution in [2.75, 3.05) is 0 Å². The largest absolute Gasteiger partial charge is 0.478 e. The molecule has 3 nitrogen and oxygen atoms in total. The molecule has 0 aliphatic carbocycles. The molecule has 0 saturated heterocycles. The zero-order valence-electron chi connectivity index (χ0n) is 6.55. The number of hydrogen-bond donors (Lipinski definition) is 2. The van der Waals surface area contributed by atoms with Crippen LogP contribution in [0.3, 0.4) is 0 Å². The summed E-state index contributed by atoms with van der Waals surface area (Å²) in [6.07, 6.45) is 0. The molecule has 0 aromatic heterocycles. The van der Waals surface area contributed by atoms with Gasteiger partial charge >= 0.3 is 5.97 Å². The maximum atomic E-state index is 12.7. The molecule has 1 aromatic carbocycles. The van der Waals surface area contributed by atoms with E-state index in [1.54, 1.807) is 0 Å². The number of hydrogen-bond acceptors (Lipinski definition) is 2. The van der Waals surface area contributed by atoms with Crippen molar-refractivity contribution < 1.29 is 14.3 Å². The molecule has 1 rings (SSSR count). The zero-order chi connectivity index (χ0) is 10.0. The summed E-state index contributed by atoms with van der Waals surface area (Å²) in [7, 11) is 0. The second kappa shape index (κ2) is 3.72. The fourth-order valence-electron chi connectivity index (χ4n) is 1.03. The van der Waals surface area contributed by atoms with Crippen LogP contribution in [0.4, 0.5) is 4.39 Å². The predicted octanol–water partition coefficient (Wildman–Crippen LogP) is 1.64. The summed E-state index contributed by atoms with van der Waals surface area (Å²) in [5.74, 6) is -1.79. The van der Waals surface area contributed by atoms with Gasteiger partial charge in [-0.3, -0.25) is 0 Å². The average Bonchev–Trinajstić information content (AvgIpc) is 2.01. The van der Waals surface area contributed by atoms with Crippen LogP contribution in [0.2, 0.25) is 5.02 Å². The van der Waals surface area contributed by atoms with Crippen LogP contribution in [0.25, 0.3) is 0 Å². The van der Waals surface area contributed by atoms with E-state index in [-0.39, 0.29) is 22.7 Å². The van der Waals surface area contributed by atoms with Crippen LogP contribution in [-0.4, -0.2) is 11.1 Å². The highest BCUT2D eigenvalue weighted by atomic mass is 35.5. The first kappa shape index (κ1) is 9.95. The van der Waals surface area contributed by atoms with Crippen LogP contribution in [0.1, 0.15) is 15.9 Å². The van der Waals surface area contributed by atoms with Gasteiger partial charge in [0.05, 0.1) is 10.6 Å². The van der Waals surface area contributed by atoms with Gasteiger partial charge < -0.3 is 10.8 Å². The van der Waals surface area contributed by atoms with Crippen molar-refractivity contribution in [3.8, 4) is 0 Å². The molecule has 0 amide bonds. The maximum absolute atomic E-state index is 12.7. The Hall–Kier alpha value is -1.13. The number of carbonyl (C=O) groups is 1. The van der Waals surface area contributed by atoms with Crippen molar-refractivity contribution in [2.24, 2.45) is 5.73 Å². The van der Waals surface area contributed by atoms with E-state index in [4.69, 9.17) is 22.4 Å². The second-order valence-electron chi connectivity index (χ2n) is 2.43. The van der Waals surface area contributed by atoms with Gasteiger partial charge in [-0.2, -0.15) is 0 Å². The number of rotatable bonds is 2. The summed E-state index contributed by atoms with van der Waals surface area (Å²) in [5, 5.41) is 8.57. The Balaban J connectivity index is 3.38. The molecule has 0 fully saturated rings. The summed E-state index contributed by atoms with van der Waals surface area (Å²) >= 11 is 5.53. The highest BCUT2D eigenvalue weighted by molar-refractivity contribution is 6.33. The van der Waals surface area contributed by atoms with E-state index in [9.17, 15) is 9.18 Å². The minimum absolute atomic E-state index is 0.0564. The van der Waals surface area contributed by atoms with Crippen LogP contribution in [0.5, 0.6) is 0 Å². The molecule has 1 aromatic rings. The monoisotopic (exact) mass is 203 g/mol. The summed E-state index contributed by atoms with van der Waals surface area (Å²) in [6.45, 7) is -0.0564. The van der Waals surface area contributed by atoms with E-state index in [2.05, 4.69) is 0 Å². The Morgan fingerprint density at radius 1 is 1.62 bits per heavy atom. The van der Waals surface area contributed by atoms with Crippen molar-refractivity contribution in [3.63, 3.8) is 0 Å². The number of carboxylic acids is 1. The molecule has 70 valence electrons. The van der Waals surface area contributed by atoms with Gasteiger partial charge in [0.1, 0.15) is 5.82 Å². The minimum atomic E-state index is -1.20. The van der Waals surface area contributed by atoms with Gasteiger partial charge in [0.2, 0.25) is 0 Å². The lowest BCUT2D eigenvalue weighted by molar-refractivity contribution is 0.0696. The molecule has 0 radical (unpaired) electrons. The topological polar surface area (TPSA) is 63.3 Å². The van der Waals surface area contributed by atoms with E-state index >= 15 is 0 Å². The van der Waals surface area contributed by atoms with Gasteiger partial charge in [0.25, 0.3) is 0 Å². The van der Waals surface area contributed by atoms with Crippen molar-refractivity contribution in [1.29, 1.82) is 0 Å². The summed E-state index contributed by atoms with van der Waals surface area (Å²) < 4.78 is 12.7. The van der Waals surface area contributed by atoms with Crippen molar-refractivity contribution in [1.82, 2.24) is 0 Å². The van der Waals surface area contributed by atoms with Gasteiger partial charge in [0.15, 0.2) is 0 Å². The Morgan fingerprint density at radius 3 is 2.69 bits per heavy atom. The number of nitrogens with two attached hydrogens (primary N) is 1. The first-order valence-corrected chi connectivity index (χ1v) is 3.85. The average molecular weight is 204 g/mol. The molecule has 0 heterocycles. The number of aromatic carboxylic acids is 1. The normalized spacial score (nSPS) is 10.1. The van der Waals surface area contributed by atoms with E-state index < -0.39 is 11.8 Å². The number of halogens is 2. The molecule has 0 spiro atoms. The molecule has 5 heteroatoms. The smallest absolute Gasteiger partial charge is 0.337 e. The Morgan fingerprint density at radius 2 is 2.23 bits per heavy atom. The highest BCUT2D eigenvalue weighted by Crippen LogP contribution is 2.21. The third-order valence-electron chi connectivity index (χ3n) is 1.57. The quantitative estimate of drug-likeness (QED) is 0.768. The SMILES string of the molecule is NCc1cc(F)cc(Cl)c1C(=O)O. The molecule has 3 N–H and O–H groups in total. The molecule has 0 saturated carbocycles. The first-order chi connectivity index (χ1) is 6.06. The molecule has 0 unspecified atom stereocenters. The van der Waals surface area contributed by atoms with Crippen molar-refractivity contribution in [2.45, 2.75) is 6.54 Å². The van der Waals surface area contributed by atoms with Gasteiger partial charge in [-0.05, 0) is 17.7 Å². The molecule has 0 atom stereocenters. The molecule has 0 bridgehead atoms. The van der Waals surface area contributed by atoms with Crippen LogP contribution in [-0.2, 0) is 6.54 Å². The highest BCUT2D eigenvalue weighted by Gasteiger charge is 2.14. The Bertz CT molecular complexity index is 354. The molecule has 13 heavy (non-hydrogen) atoms. The molecule has 0 aliphatic rings. The van der Waals surface area contributed by atoms with Crippen molar-refractivity contribution >= 4 is 17.6 Å². The fraction of sp³-hybridized carbons (Fsp3) is 0.125.